The van der Waals surface area contributed by atoms with Gasteiger partial charge in [-0.2, -0.15) is 0 Å². The maximum absolute atomic E-state index is 5.85. The number of pyridine rings is 1. The van der Waals surface area contributed by atoms with Gasteiger partial charge in [-0.15, -0.1) is 0 Å². The van der Waals surface area contributed by atoms with Gasteiger partial charge in [-0.3, -0.25) is 4.98 Å². The summed E-state index contributed by atoms with van der Waals surface area (Å²) in [6.07, 6.45) is 8.66. The van der Waals surface area contributed by atoms with Crippen LogP contribution in [0.5, 0.6) is 11.5 Å². The third-order valence-electron chi connectivity index (χ3n) is 3.08. The number of nitrogens with zero attached hydrogens (tertiary/aromatic N) is 1. The first-order chi connectivity index (χ1) is 10.2. The molecular formula is C17H19ClN2O. The molecule has 1 aromatic heterocycles. The molecule has 110 valence electrons. The van der Waals surface area contributed by atoms with Crippen molar-refractivity contribution in [1.82, 2.24) is 10.3 Å². The van der Waals surface area contributed by atoms with Crippen LogP contribution >= 0.6 is 11.6 Å². The van der Waals surface area contributed by atoms with E-state index < -0.39 is 0 Å². The summed E-state index contributed by atoms with van der Waals surface area (Å²) in [7, 11) is 1.96. The van der Waals surface area contributed by atoms with Gasteiger partial charge in [-0.05, 0) is 56.3 Å². The third-order valence-corrected chi connectivity index (χ3v) is 3.33. The van der Waals surface area contributed by atoms with Gasteiger partial charge in [0.05, 0.1) is 6.20 Å². The fourth-order valence-corrected chi connectivity index (χ4v) is 1.87. The summed E-state index contributed by atoms with van der Waals surface area (Å²) < 4.78 is 5.76. The molecule has 1 heterocycles. The second kappa shape index (κ2) is 7.81. The van der Waals surface area contributed by atoms with Crippen LogP contribution in [0.3, 0.4) is 0 Å². The van der Waals surface area contributed by atoms with Gasteiger partial charge in [0, 0.05) is 17.3 Å². The summed E-state index contributed by atoms with van der Waals surface area (Å²) in [6.45, 7) is 2.14. The van der Waals surface area contributed by atoms with E-state index in [1.54, 1.807) is 18.3 Å². The average Bonchev–Trinajstić information content (AvgIpc) is 2.50. The molecule has 0 amide bonds. The molecule has 0 saturated carbocycles. The summed E-state index contributed by atoms with van der Waals surface area (Å²) >= 11 is 5.85. The highest BCUT2D eigenvalue weighted by molar-refractivity contribution is 6.30. The molecule has 1 N–H and O–H groups in total. The SMILES string of the molecule is CNC(C)C/C=C/c1cncc(Oc2ccc(Cl)cc2)c1. The Labute approximate surface area is 130 Å². The predicted molar refractivity (Wildman–Crippen MR) is 87.9 cm³/mol. The van der Waals surface area contributed by atoms with Gasteiger partial charge in [-0.25, -0.2) is 0 Å². The predicted octanol–water partition coefficient (Wildman–Crippen LogP) is 4.54. The van der Waals surface area contributed by atoms with E-state index >= 15 is 0 Å². The summed E-state index contributed by atoms with van der Waals surface area (Å²) in [4.78, 5) is 4.20. The van der Waals surface area contributed by atoms with Crippen molar-refractivity contribution in [2.45, 2.75) is 19.4 Å². The highest BCUT2D eigenvalue weighted by Crippen LogP contribution is 2.23. The Hall–Kier alpha value is -1.84. The molecular weight excluding hydrogens is 284 g/mol. The lowest BCUT2D eigenvalue weighted by molar-refractivity contribution is 0.480. The van der Waals surface area contributed by atoms with Crippen LogP contribution in [0, 0.1) is 0 Å². The summed E-state index contributed by atoms with van der Waals surface area (Å²) in [5.41, 5.74) is 1.02. The van der Waals surface area contributed by atoms with Gasteiger partial charge in [-0.1, -0.05) is 23.8 Å². The minimum absolute atomic E-state index is 0.461. The molecule has 0 saturated heterocycles. The number of rotatable bonds is 6. The van der Waals surface area contributed by atoms with Crippen molar-refractivity contribution in [3.63, 3.8) is 0 Å². The minimum atomic E-state index is 0.461. The molecule has 0 aliphatic heterocycles. The van der Waals surface area contributed by atoms with Gasteiger partial charge in [0.15, 0.2) is 0 Å². The topological polar surface area (TPSA) is 34.2 Å². The zero-order chi connectivity index (χ0) is 15.1. The quantitative estimate of drug-likeness (QED) is 0.850. The molecule has 2 rings (SSSR count). The van der Waals surface area contributed by atoms with E-state index in [2.05, 4.69) is 29.4 Å². The van der Waals surface area contributed by atoms with Crippen LogP contribution < -0.4 is 10.1 Å². The standard InChI is InChI=1S/C17H19ClN2O/c1-13(19-2)4-3-5-14-10-17(12-20-11-14)21-16-8-6-15(18)7-9-16/h3,5-13,19H,4H2,1-2H3/b5-3+. The fourth-order valence-electron chi connectivity index (χ4n) is 1.75. The molecule has 2 aromatic rings. The third kappa shape index (κ3) is 5.21. The molecule has 0 fully saturated rings. The number of benzene rings is 1. The monoisotopic (exact) mass is 302 g/mol. The van der Waals surface area contributed by atoms with Crippen LogP contribution in [-0.2, 0) is 0 Å². The Balaban J connectivity index is 2.02. The van der Waals surface area contributed by atoms with Crippen molar-refractivity contribution in [3.05, 3.63) is 59.4 Å². The van der Waals surface area contributed by atoms with E-state index in [0.29, 0.717) is 16.8 Å². The first-order valence-corrected chi connectivity index (χ1v) is 7.27. The van der Waals surface area contributed by atoms with E-state index in [1.165, 1.54) is 0 Å². The van der Waals surface area contributed by atoms with Crippen molar-refractivity contribution in [1.29, 1.82) is 0 Å². The maximum Gasteiger partial charge on any atom is 0.146 e. The lowest BCUT2D eigenvalue weighted by Crippen LogP contribution is -2.19. The molecule has 0 aliphatic carbocycles. The van der Waals surface area contributed by atoms with Gasteiger partial charge in [0.1, 0.15) is 11.5 Å². The lowest BCUT2D eigenvalue weighted by Gasteiger charge is -2.06. The van der Waals surface area contributed by atoms with Crippen LogP contribution in [0.2, 0.25) is 5.02 Å². The lowest BCUT2D eigenvalue weighted by atomic mass is 10.2. The van der Waals surface area contributed by atoms with Gasteiger partial charge in [0.25, 0.3) is 0 Å². The average molecular weight is 303 g/mol. The van der Waals surface area contributed by atoms with Crippen LogP contribution in [0.1, 0.15) is 18.9 Å². The Kier molecular flexibility index (Phi) is 5.78. The minimum Gasteiger partial charge on any atom is -0.456 e. The molecule has 3 nitrogen and oxygen atoms in total. The summed E-state index contributed by atoms with van der Waals surface area (Å²) in [5, 5.41) is 3.89. The first-order valence-electron chi connectivity index (χ1n) is 6.89. The van der Waals surface area contributed by atoms with Crippen LogP contribution in [0.25, 0.3) is 6.08 Å². The van der Waals surface area contributed by atoms with Crippen molar-refractivity contribution >= 4 is 17.7 Å². The normalized spacial score (nSPS) is 12.5. The molecule has 0 aliphatic rings. The largest absolute Gasteiger partial charge is 0.456 e. The molecule has 21 heavy (non-hydrogen) atoms. The van der Waals surface area contributed by atoms with Crippen molar-refractivity contribution in [2.24, 2.45) is 0 Å². The maximum atomic E-state index is 5.85. The van der Waals surface area contributed by atoms with Crippen LogP contribution in [-0.4, -0.2) is 18.1 Å². The molecule has 0 spiro atoms. The highest BCUT2D eigenvalue weighted by atomic mass is 35.5. The number of hydrogen-bond donors (Lipinski definition) is 1. The van der Waals surface area contributed by atoms with E-state index in [9.17, 15) is 0 Å². The zero-order valence-electron chi connectivity index (χ0n) is 12.2. The number of halogens is 1. The number of aromatic nitrogens is 1. The molecule has 4 heteroatoms. The number of hydrogen-bond acceptors (Lipinski definition) is 3. The Morgan fingerprint density at radius 1 is 1.24 bits per heavy atom. The Bertz CT molecular complexity index is 596. The van der Waals surface area contributed by atoms with Gasteiger partial charge < -0.3 is 10.1 Å². The molecule has 0 bridgehead atoms. The fraction of sp³-hybridized carbons (Fsp3) is 0.235. The number of nitrogens with one attached hydrogen (secondary N) is 1. The molecule has 1 unspecified atom stereocenters. The van der Waals surface area contributed by atoms with Gasteiger partial charge >= 0.3 is 0 Å². The van der Waals surface area contributed by atoms with E-state index in [1.807, 2.05) is 31.4 Å². The van der Waals surface area contributed by atoms with Crippen LogP contribution in [0.4, 0.5) is 0 Å². The smallest absolute Gasteiger partial charge is 0.146 e. The summed E-state index contributed by atoms with van der Waals surface area (Å²) in [6, 6.07) is 9.68. The van der Waals surface area contributed by atoms with E-state index in [-0.39, 0.29) is 0 Å². The second-order valence-electron chi connectivity index (χ2n) is 4.84. The summed E-state index contributed by atoms with van der Waals surface area (Å²) in [5.74, 6) is 1.45. The Morgan fingerprint density at radius 3 is 2.71 bits per heavy atom. The van der Waals surface area contributed by atoms with Crippen LogP contribution in [0.15, 0.2) is 48.8 Å². The van der Waals surface area contributed by atoms with E-state index in [0.717, 1.165) is 17.7 Å². The van der Waals surface area contributed by atoms with E-state index in [4.69, 9.17) is 16.3 Å². The molecule has 1 aromatic carbocycles. The zero-order valence-corrected chi connectivity index (χ0v) is 13.0. The second-order valence-corrected chi connectivity index (χ2v) is 5.27. The number of ether oxygens (including phenoxy) is 1. The van der Waals surface area contributed by atoms with Gasteiger partial charge in [0.2, 0.25) is 0 Å². The first kappa shape index (κ1) is 15.5. The van der Waals surface area contributed by atoms with Crippen molar-refractivity contribution in [2.75, 3.05) is 7.05 Å². The highest BCUT2D eigenvalue weighted by Gasteiger charge is 1.99. The Morgan fingerprint density at radius 2 is 2.00 bits per heavy atom. The van der Waals surface area contributed by atoms with Crippen molar-refractivity contribution in [3.8, 4) is 11.5 Å². The molecule has 1 atom stereocenters. The molecule has 0 radical (unpaired) electrons. The van der Waals surface area contributed by atoms with Crippen molar-refractivity contribution < 1.29 is 4.74 Å².